The maximum absolute atomic E-state index is 13.6. The van der Waals surface area contributed by atoms with E-state index < -0.39 is 0 Å². The SMILES string of the molecule is COc1ccc(C(C)NCCn2ccnn2)cc1F. The van der Waals surface area contributed by atoms with Gasteiger partial charge in [-0.2, -0.15) is 0 Å². The van der Waals surface area contributed by atoms with Crippen molar-refractivity contribution in [3.05, 3.63) is 42.0 Å². The smallest absolute Gasteiger partial charge is 0.165 e. The van der Waals surface area contributed by atoms with Gasteiger partial charge in [-0.3, -0.25) is 4.68 Å². The van der Waals surface area contributed by atoms with E-state index in [1.165, 1.54) is 13.2 Å². The summed E-state index contributed by atoms with van der Waals surface area (Å²) in [4.78, 5) is 0. The topological polar surface area (TPSA) is 52.0 Å². The Hall–Kier alpha value is -1.95. The lowest BCUT2D eigenvalue weighted by atomic mass is 10.1. The van der Waals surface area contributed by atoms with E-state index in [1.807, 2.05) is 13.0 Å². The average Bonchev–Trinajstić information content (AvgIpc) is 2.91. The van der Waals surface area contributed by atoms with E-state index in [0.29, 0.717) is 0 Å². The number of hydrogen-bond acceptors (Lipinski definition) is 4. The molecule has 0 aliphatic heterocycles. The number of benzene rings is 1. The largest absolute Gasteiger partial charge is 0.494 e. The number of rotatable bonds is 6. The highest BCUT2D eigenvalue weighted by atomic mass is 19.1. The second-order valence-electron chi connectivity index (χ2n) is 4.24. The summed E-state index contributed by atoms with van der Waals surface area (Å²) in [6.45, 7) is 3.45. The van der Waals surface area contributed by atoms with Crippen molar-refractivity contribution in [3.8, 4) is 5.75 Å². The summed E-state index contributed by atoms with van der Waals surface area (Å²) in [7, 11) is 1.46. The van der Waals surface area contributed by atoms with Crippen LogP contribution in [0.2, 0.25) is 0 Å². The first-order chi connectivity index (χ1) is 9.20. The van der Waals surface area contributed by atoms with Crippen molar-refractivity contribution < 1.29 is 9.13 Å². The van der Waals surface area contributed by atoms with Gasteiger partial charge in [-0.25, -0.2) is 4.39 Å². The van der Waals surface area contributed by atoms with Gasteiger partial charge in [0, 0.05) is 18.8 Å². The number of nitrogens with zero attached hydrogens (tertiary/aromatic N) is 3. The van der Waals surface area contributed by atoms with Gasteiger partial charge in [-0.15, -0.1) is 5.10 Å². The van der Waals surface area contributed by atoms with Crippen LogP contribution in [0.25, 0.3) is 0 Å². The maximum atomic E-state index is 13.6. The van der Waals surface area contributed by atoms with Gasteiger partial charge in [-0.05, 0) is 24.6 Å². The maximum Gasteiger partial charge on any atom is 0.165 e. The minimum atomic E-state index is -0.343. The number of nitrogens with one attached hydrogen (secondary N) is 1. The molecule has 0 aliphatic carbocycles. The van der Waals surface area contributed by atoms with Crippen molar-refractivity contribution in [1.82, 2.24) is 20.3 Å². The van der Waals surface area contributed by atoms with Gasteiger partial charge < -0.3 is 10.1 Å². The zero-order valence-electron chi connectivity index (χ0n) is 11.0. The lowest BCUT2D eigenvalue weighted by molar-refractivity contribution is 0.385. The van der Waals surface area contributed by atoms with Crippen molar-refractivity contribution >= 4 is 0 Å². The molecule has 1 unspecified atom stereocenters. The zero-order chi connectivity index (χ0) is 13.7. The predicted molar refractivity (Wildman–Crippen MR) is 69.4 cm³/mol. The van der Waals surface area contributed by atoms with E-state index in [4.69, 9.17) is 4.74 Å². The fourth-order valence-corrected chi connectivity index (χ4v) is 1.82. The van der Waals surface area contributed by atoms with Crippen molar-refractivity contribution in [3.63, 3.8) is 0 Å². The van der Waals surface area contributed by atoms with E-state index in [1.54, 1.807) is 23.1 Å². The van der Waals surface area contributed by atoms with Crippen LogP contribution in [-0.4, -0.2) is 28.6 Å². The van der Waals surface area contributed by atoms with Gasteiger partial charge in [0.25, 0.3) is 0 Å². The Kier molecular flexibility index (Phi) is 4.46. The third kappa shape index (κ3) is 3.51. The Bertz CT molecular complexity index is 515. The van der Waals surface area contributed by atoms with E-state index in [2.05, 4.69) is 15.6 Å². The van der Waals surface area contributed by atoms with Gasteiger partial charge in [0.1, 0.15) is 0 Å². The first-order valence-corrected chi connectivity index (χ1v) is 6.11. The van der Waals surface area contributed by atoms with E-state index in [0.717, 1.165) is 18.7 Å². The molecule has 5 nitrogen and oxygen atoms in total. The molecular weight excluding hydrogens is 247 g/mol. The lowest BCUT2D eigenvalue weighted by Crippen LogP contribution is -2.23. The molecule has 0 amide bonds. The minimum Gasteiger partial charge on any atom is -0.494 e. The van der Waals surface area contributed by atoms with Crippen LogP contribution in [0.4, 0.5) is 4.39 Å². The number of ether oxygens (including phenoxy) is 1. The number of hydrogen-bond donors (Lipinski definition) is 1. The molecule has 1 N–H and O–H groups in total. The summed E-state index contributed by atoms with van der Waals surface area (Å²) in [6, 6.07) is 5.05. The quantitative estimate of drug-likeness (QED) is 0.864. The van der Waals surface area contributed by atoms with Gasteiger partial charge >= 0.3 is 0 Å². The zero-order valence-corrected chi connectivity index (χ0v) is 11.0. The summed E-state index contributed by atoms with van der Waals surface area (Å²) < 4.78 is 20.2. The van der Waals surface area contributed by atoms with Gasteiger partial charge in [0.15, 0.2) is 11.6 Å². The van der Waals surface area contributed by atoms with Crippen molar-refractivity contribution in [2.45, 2.75) is 19.5 Å². The van der Waals surface area contributed by atoms with Crippen LogP contribution in [0.15, 0.2) is 30.6 Å². The molecule has 0 saturated carbocycles. The highest BCUT2D eigenvalue weighted by Gasteiger charge is 2.09. The molecule has 19 heavy (non-hydrogen) atoms. The second-order valence-corrected chi connectivity index (χ2v) is 4.24. The van der Waals surface area contributed by atoms with Gasteiger partial charge in [0.2, 0.25) is 0 Å². The molecule has 0 aliphatic rings. The fraction of sp³-hybridized carbons (Fsp3) is 0.385. The summed E-state index contributed by atoms with van der Waals surface area (Å²) in [6.07, 6.45) is 3.45. The fourth-order valence-electron chi connectivity index (χ4n) is 1.82. The van der Waals surface area contributed by atoms with E-state index in [-0.39, 0.29) is 17.6 Å². The van der Waals surface area contributed by atoms with Crippen LogP contribution in [0.1, 0.15) is 18.5 Å². The Morgan fingerprint density at radius 1 is 1.47 bits per heavy atom. The van der Waals surface area contributed by atoms with Crippen LogP contribution in [0, 0.1) is 5.82 Å². The molecule has 102 valence electrons. The first-order valence-electron chi connectivity index (χ1n) is 6.11. The average molecular weight is 264 g/mol. The summed E-state index contributed by atoms with van der Waals surface area (Å²) in [5, 5.41) is 10.9. The molecule has 1 aromatic heterocycles. The normalized spacial score (nSPS) is 12.4. The Labute approximate surface area is 111 Å². The van der Waals surface area contributed by atoms with Crippen LogP contribution in [0.3, 0.4) is 0 Å². The first kappa shape index (κ1) is 13.5. The van der Waals surface area contributed by atoms with E-state index in [9.17, 15) is 4.39 Å². The molecule has 0 spiro atoms. The van der Waals surface area contributed by atoms with Crippen molar-refractivity contribution in [2.75, 3.05) is 13.7 Å². The minimum absolute atomic E-state index is 0.0592. The van der Waals surface area contributed by atoms with Crippen LogP contribution < -0.4 is 10.1 Å². The molecule has 6 heteroatoms. The van der Waals surface area contributed by atoms with Crippen molar-refractivity contribution in [2.24, 2.45) is 0 Å². The molecule has 1 heterocycles. The summed E-state index contributed by atoms with van der Waals surface area (Å²) in [5.41, 5.74) is 0.886. The molecule has 0 radical (unpaired) electrons. The highest BCUT2D eigenvalue weighted by Crippen LogP contribution is 2.21. The lowest BCUT2D eigenvalue weighted by Gasteiger charge is -2.15. The summed E-state index contributed by atoms with van der Waals surface area (Å²) >= 11 is 0. The van der Waals surface area contributed by atoms with Gasteiger partial charge in [0.05, 0.1) is 19.9 Å². The van der Waals surface area contributed by atoms with Crippen LogP contribution >= 0.6 is 0 Å². The molecule has 1 aromatic carbocycles. The predicted octanol–water partition coefficient (Wildman–Crippen LogP) is 1.78. The number of aromatic nitrogens is 3. The van der Waals surface area contributed by atoms with E-state index >= 15 is 0 Å². The molecule has 0 bridgehead atoms. The standard InChI is InChI=1S/C13H17FN4O/c1-10(15-5-7-18-8-6-16-17-18)11-3-4-13(19-2)12(14)9-11/h3-4,6,8-10,15H,5,7H2,1-2H3. The van der Waals surface area contributed by atoms with Crippen LogP contribution in [0.5, 0.6) is 5.75 Å². The van der Waals surface area contributed by atoms with Gasteiger partial charge in [-0.1, -0.05) is 11.3 Å². The molecule has 2 aromatic rings. The number of halogens is 1. The number of methoxy groups -OCH3 is 1. The Balaban J connectivity index is 1.88. The molecule has 0 fully saturated rings. The monoisotopic (exact) mass is 264 g/mol. The third-order valence-corrected chi connectivity index (χ3v) is 2.94. The van der Waals surface area contributed by atoms with Crippen molar-refractivity contribution in [1.29, 1.82) is 0 Å². The van der Waals surface area contributed by atoms with Crippen LogP contribution in [-0.2, 0) is 6.54 Å². The molecular formula is C13H17FN4O. The summed E-state index contributed by atoms with van der Waals surface area (Å²) in [5.74, 6) is -0.0801. The molecule has 1 atom stereocenters. The second kappa shape index (κ2) is 6.29. The highest BCUT2D eigenvalue weighted by molar-refractivity contribution is 5.30. The molecule has 0 saturated heterocycles. The Morgan fingerprint density at radius 2 is 2.32 bits per heavy atom. The Morgan fingerprint density at radius 3 is 2.95 bits per heavy atom. The molecule has 2 rings (SSSR count). The third-order valence-electron chi connectivity index (χ3n) is 2.94.